The van der Waals surface area contributed by atoms with Crippen molar-refractivity contribution in [3.63, 3.8) is 0 Å². The Hall–Kier alpha value is -2.39. The van der Waals surface area contributed by atoms with E-state index in [4.69, 9.17) is 5.11 Å². The summed E-state index contributed by atoms with van der Waals surface area (Å²) in [5.41, 5.74) is -0.325. The maximum Gasteiger partial charge on any atom is 0.325 e. The fourth-order valence-corrected chi connectivity index (χ4v) is 2.03. The second kappa shape index (κ2) is 5.54. The fourth-order valence-electron chi connectivity index (χ4n) is 2.03. The van der Waals surface area contributed by atoms with Crippen molar-refractivity contribution >= 4 is 11.9 Å². The van der Waals surface area contributed by atoms with Gasteiger partial charge in [0.2, 0.25) is 0 Å². The van der Waals surface area contributed by atoms with E-state index in [1.165, 1.54) is 12.1 Å². The van der Waals surface area contributed by atoms with Crippen molar-refractivity contribution in [3.05, 3.63) is 35.1 Å². The number of hydrogen-bond donors (Lipinski definition) is 2. The molecule has 1 aliphatic heterocycles. The minimum Gasteiger partial charge on any atom is -0.384 e. The SMILES string of the molecule is CC1(C)NC(=O)N(Cc2ccc(C#CCO)cc2F)C1=O. The normalized spacial score (nSPS) is 16.5. The summed E-state index contributed by atoms with van der Waals surface area (Å²) in [6.07, 6.45) is 0. The van der Waals surface area contributed by atoms with Crippen LogP contribution in [-0.4, -0.2) is 34.1 Å². The number of nitrogens with zero attached hydrogens (tertiary/aromatic N) is 1. The Morgan fingerprint density at radius 1 is 1.38 bits per heavy atom. The van der Waals surface area contributed by atoms with Gasteiger partial charge in [-0.15, -0.1) is 0 Å². The molecule has 3 amide bonds. The van der Waals surface area contributed by atoms with Gasteiger partial charge >= 0.3 is 6.03 Å². The predicted molar refractivity (Wildman–Crippen MR) is 73.5 cm³/mol. The van der Waals surface area contributed by atoms with Gasteiger partial charge in [-0.3, -0.25) is 9.69 Å². The Kier molecular flexibility index (Phi) is 3.96. The fraction of sp³-hybridized carbons (Fsp3) is 0.333. The third-order valence-corrected chi connectivity index (χ3v) is 3.14. The molecule has 2 rings (SSSR count). The number of urea groups is 1. The Labute approximate surface area is 121 Å². The second-order valence-corrected chi connectivity index (χ2v) is 5.21. The van der Waals surface area contributed by atoms with Crippen LogP contribution in [0.4, 0.5) is 9.18 Å². The van der Waals surface area contributed by atoms with E-state index in [9.17, 15) is 14.0 Å². The molecule has 1 heterocycles. The van der Waals surface area contributed by atoms with Gasteiger partial charge < -0.3 is 10.4 Å². The smallest absolute Gasteiger partial charge is 0.325 e. The Morgan fingerprint density at radius 2 is 2.10 bits per heavy atom. The van der Waals surface area contributed by atoms with Gasteiger partial charge in [0, 0.05) is 11.1 Å². The van der Waals surface area contributed by atoms with Crippen LogP contribution in [0.1, 0.15) is 25.0 Å². The highest BCUT2D eigenvalue weighted by Crippen LogP contribution is 2.20. The quantitative estimate of drug-likeness (QED) is 0.630. The minimum atomic E-state index is -0.972. The summed E-state index contributed by atoms with van der Waals surface area (Å²) in [5.74, 6) is 4.06. The highest BCUT2D eigenvalue weighted by Gasteiger charge is 2.44. The van der Waals surface area contributed by atoms with Crippen LogP contribution < -0.4 is 5.32 Å². The zero-order chi connectivity index (χ0) is 15.6. The largest absolute Gasteiger partial charge is 0.384 e. The topological polar surface area (TPSA) is 69.6 Å². The van der Waals surface area contributed by atoms with E-state index >= 15 is 0 Å². The van der Waals surface area contributed by atoms with Gasteiger partial charge in [-0.2, -0.15) is 0 Å². The van der Waals surface area contributed by atoms with Crippen LogP contribution in [0.25, 0.3) is 0 Å². The van der Waals surface area contributed by atoms with Crippen molar-refractivity contribution in [1.82, 2.24) is 10.2 Å². The molecular formula is C15H15FN2O3. The van der Waals surface area contributed by atoms with Crippen molar-refractivity contribution in [1.29, 1.82) is 0 Å². The number of imide groups is 1. The van der Waals surface area contributed by atoms with Gasteiger partial charge in [0.05, 0.1) is 6.54 Å². The first-order valence-corrected chi connectivity index (χ1v) is 6.37. The number of amides is 3. The second-order valence-electron chi connectivity index (χ2n) is 5.21. The van der Waals surface area contributed by atoms with Crippen molar-refractivity contribution in [2.75, 3.05) is 6.61 Å². The molecular weight excluding hydrogens is 275 g/mol. The minimum absolute atomic E-state index is 0.131. The molecule has 1 fully saturated rings. The van der Waals surface area contributed by atoms with Crippen LogP contribution in [0.3, 0.4) is 0 Å². The third-order valence-electron chi connectivity index (χ3n) is 3.14. The van der Waals surface area contributed by atoms with Crippen LogP contribution in [0.15, 0.2) is 18.2 Å². The predicted octanol–water partition coefficient (Wildman–Crippen LogP) is 1.000. The van der Waals surface area contributed by atoms with Crippen LogP contribution >= 0.6 is 0 Å². The molecule has 0 atom stereocenters. The van der Waals surface area contributed by atoms with Gasteiger partial charge in [-0.25, -0.2) is 9.18 Å². The molecule has 0 spiro atoms. The number of aliphatic hydroxyl groups excluding tert-OH is 1. The first-order chi connectivity index (χ1) is 9.85. The molecule has 0 radical (unpaired) electrons. The molecule has 1 saturated heterocycles. The number of carbonyl (C=O) groups excluding carboxylic acids is 2. The number of rotatable bonds is 2. The summed E-state index contributed by atoms with van der Waals surface area (Å²) in [7, 11) is 0. The Balaban J connectivity index is 2.21. The molecule has 0 saturated carbocycles. The average molecular weight is 290 g/mol. The monoisotopic (exact) mass is 290 g/mol. The first-order valence-electron chi connectivity index (χ1n) is 6.37. The van der Waals surface area contributed by atoms with E-state index in [0.717, 1.165) is 4.90 Å². The number of benzene rings is 1. The van der Waals surface area contributed by atoms with Crippen LogP contribution in [0.2, 0.25) is 0 Å². The maximum atomic E-state index is 14.0. The van der Waals surface area contributed by atoms with Crippen LogP contribution in [-0.2, 0) is 11.3 Å². The molecule has 6 heteroatoms. The number of nitrogens with one attached hydrogen (secondary N) is 1. The average Bonchev–Trinajstić information content (AvgIpc) is 2.61. The summed E-state index contributed by atoms with van der Waals surface area (Å²) in [4.78, 5) is 24.8. The lowest BCUT2D eigenvalue weighted by molar-refractivity contribution is -0.130. The Morgan fingerprint density at radius 3 is 2.62 bits per heavy atom. The molecule has 0 unspecified atom stereocenters. The van der Waals surface area contributed by atoms with Gasteiger partial charge in [-0.1, -0.05) is 17.9 Å². The van der Waals surface area contributed by atoms with E-state index in [1.54, 1.807) is 19.9 Å². The van der Waals surface area contributed by atoms with Crippen molar-refractivity contribution in [3.8, 4) is 11.8 Å². The number of carbonyl (C=O) groups is 2. The molecule has 1 aromatic carbocycles. The lowest BCUT2D eigenvalue weighted by atomic mass is 10.1. The first kappa shape index (κ1) is 15.0. The van der Waals surface area contributed by atoms with Crippen molar-refractivity contribution in [2.24, 2.45) is 0 Å². The molecule has 110 valence electrons. The maximum absolute atomic E-state index is 14.0. The van der Waals surface area contributed by atoms with Crippen molar-refractivity contribution < 1.29 is 19.1 Å². The van der Waals surface area contributed by atoms with Gasteiger partial charge in [0.15, 0.2) is 0 Å². The molecule has 1 aromatic rings. The molecule has 0 aromatic heterocycles. The molecule has 21 heavy (non-hydrogen) atoms. The van der Waals surface area contributed by atoms with Crippen molar-refractivity contribution in [2.45, 2.75) is 25.9 Å². The summed E-state index contributed by atoms with van der Waals surface area (Å²) in [5, 5.41) is 11.1. The van der Waals surface area contributed by atoms with Gasteiger partial charge in [0.25, 0.3) is 5.91 Å². The molecule has 0 aliphatic carbocycles. The summed E-state index contributed by atoms with van der Waals surface area (Å²) < 4.78 is 14.0. The van der Waals surface area contributed by atoms with Crippen LogP contribution in [0, 0.1) is 17.7 Å². The van der Waals surface area contributed by atoms with Gasteiger partial charge in [0.1, 0.15) is 18.0 Å². The molecule has 0 bridgehead atoms. The highest BCUT2D eigenvalue weighted by molar-refractivity contribution is 6.06. The highest BCUT2D eigenvalue weighted by atomic mass is 19.1. The number of hydrogen-bond acceptors (Lipinski definition) is 3. The van der Waals surface area contributed by atoms with E-state index in [0.29, 0.717) is 5.56 Å². The summed E-state index contributed by atoms with van der Waals surface area (Å²) >= 11 is 0. The zero-order valence-electron chi connectivity index (χ0n) is 11.7. The summed E-state index contributed by atoms with van der Waals surface area (Å²) in [6.45, 7) is 2.75. The van der Waals surface area contributed by atoms with E-state index in [2.05, 4.69) is 17.2 Å². The lowest BCUT2D eigenvalue weighted by Gasteiger charge is -2.16. The number of aliphatic hydroxyl groups is 1. The number of halogens is 1. The van der Waals surface area contributed by atoms with E-state index < -0.39 is 23.3 Å². The zero-order valence-corrected chi connectivity index (χ0v) is 11.7. The van der Waals surface area contributed by atoms with Crippen LogP contribution in [0.5, 0.6) is 0 Å². The van der Waals surface area contributed by atoms with Gasteiger partial charge in [-0.05, 0) is 26.0 Å². The molecule has 5 nitrogen and oxygen atoms in total. The van der Waals surface area contributed by atoms with E-state index in [1.807, 2.05) is 0 Å². The summed E-state index contributed by atoms with van der Waals surface area (Å²) in [6, 6.07) is 3.73. The Bertz CT molecular complexity index is 659. The molecule has 2 N–H and O–H groups in total. The standard InChI is InChI=1S/C15H15FN2O3/c1-15(2)13(20)18(14(21)17-15)9-11-6-5-10(4-3-7-19)8-12(11)16/h5-6,8,19H,7,9H2,1-2H3,(H,17,21). The lowest BCUT2D eigenvalue weighted by Crippen LogP contribution is -2.40. The van der Waals surface area contributed by atoms with E-state index in [-0.39, 0.29) is 18.7 Å². The molecule has 1 aliphatic rings. The third kappa shape index (κ3) is 3.03.